The molecule has 0 amide bonds. The van der Waals surface area contributed by atoms with Crippen LogP contribution in [0.25, 0.3) is 0 Å². The first-order valence-corrected chi connectivity index (χ1v) is 4.71. The zero-order chi connectivity index (χ0) is 13.2. The maximum Gasteiger partial charge on any atom is 0.326 e. The van der Waals surface area contributed by atoms with Gasteiger partial charge in [0, 0.05) is 12.1 Å². The lowest BCUT2D eigenvalue weighted by molar-refractivity contribution is -0.385. The van der Waals surface area contributed by atoms with E-state index >= 15 is 0 Å². The van der Waals surface area contributed by atoms with Crippen LogP contribution in [-0.2, 0) is 4.79 Å². The summed E-state index contributed by atoms with van der Waals surface area (Å²) in [6.07, 6.45) is -1.53. The molecule has 0 aromatic heterocycles. The Bertz CT molecular complexity index is 458. The molecule has 0 fully saturated rings. The second-order valence-corrected chi connectivity index (χ2v) is 3.84. The average Bonchev–Trinajstić information content (AvgIpc) is 2.27. The minimum atomic E-state index is -1.91. The molecule has 92 valence electrons. The Morgan fingerprint density at radius 3 is 2.65 bits per heavy atom. The Morgan fingerprint density at radius 2 is 2.18 bits per heavy atom. The number of aliphatic carboxylic acids is 1. The van der Waals surface area contributed by atoms with Crippen LogP contribution in [0.15, 0.2) is 24.3 Å². The molecule has 1 aromatic carbocycles. The minimum absolute atomic E-state index is 0.0894. The van der Waals surface area contributed by atoms with Crippen molar-refractivity contribution in [3.05, 3.63) is 39.9 Å². The lowest BCUT2D eigenvalue weighted by Gasteiger charge is -2.25. The van der Waals surface area contributed by atoms with E-state index in [1.54, 1.807) is 0 Å². The fourth-order valence-electron chi connectivity index (χ4n) is 1.27. The topological polar surface area (TPSA) is 127 Å². The zero-order valence-electron chi connectivity index (χ0n) is 9.03. The maximum atomic E-state index is 10.8. The summed E-state index contributed by atoms with van der Waals surface area (Å²) >= 11 is 0. The highest BCUT2D eigenvalue weighted by atomic mass is 16.6. The van der Waals surface area contributed by atoms with Crippen LogP contribution in [-0.4, -0.2) is 26.6 Å². The maximum absolute atomic E-state index is 10.8. The summed E-state index contributed by atoms with van der Waals surface area (Å²) in [6.45, 7) is 1.14. The Morgan fingerprint density at radius 1 is 1.59 bits per heavy atom. The molecule has 4 N–H and O–H groups in total. The molecule has 0 saturated carbocycles. The number of hydrogen-bond donors (Lipinski definition) is 3. The average molecular weight is 240 g/mol. The summed E-state index contributed by atoms with van der Waals surface area (Å²) in [6, 6.07) is 5.07. The van der Waals surface area contributed by atoms with Gasteiger partial charge in [-0.2, -0.15) is 0 Å². The van der Waals surface area contributed by atoms with Crippen molar-refractivity contribution in [2.75, 3.05) is 0 Å². The molecule has 0 bridgehead atoms. The van der Waals surface area contributed by atoms with Crippen LogP contribution < -0.4 is 5.73 Å². The van der Waals surface area contributed by atoms with Crippen LogP contribution in [0.4, 0.5) is 5.69 Å². The second kappa shape index (κ2) is 4.48. The van der Waals surface area contributed by atoms with Crippen LogP contribution in [0.3, 0.4) is 0 Å². The number of non-ortho nitro benzene ring substituents is 1. The van der Waals surface area contributed by atoms with Gasteiger partial charge in [0.25, 0.3) is 5.69 Å². The smallest absolute Gasteiger partial charge is 0.326 e. The fraction of sp³-hybridized carbons (Fsp3) is 0.300. The number of aliphatic hydroxyl groups excluding tert-OH is 1. The number of hydrogen-bond acceptors (Lipinski definition) is 5. The van der Waals surface area contributed by atoms with Gasteiger partial charge >= 0.3 is 5.97 Å². The van der Waals surface area contributed by atoms with E-state index in [1.807, 2.05) is 0 Å². The first-order valence-electron chi connectivity index (χ1n) is 4.71. The highest BCUT2D eigenvalue weighted by Crippen LogP contribution is 2.26. The van der Waals surface area contributed by atoms with E-state index in [2.05, 4.69) is 0 Å². The SMILES string of the molecule is C[C@@](N)(C(=O)O)[C@H](O)c1cccc([N+](=O)[O-])c1. The monoisotopic (exact) mass is 240 g/mol. The number of nitro benzene ring substituents is 1. The molecule has 1 aromatic rings. The quantitative estimate of drug-likeness (QED) is 0.517. The number of nitrogens with zero attached hydrogens (tertiary/aromatic N) is 1. The summed E-state index contributed by atoms with van der Waals surface area (Å²) in [7, 11) is 0. The van der Waals surface area contributed by atoms with Gasteiger partial charge in [0.05, 0.1) is 4.92 Å². The van der Waals surface area contributed by atoms with Crippen molar-refractivity contribution in [1.29, 1.82) is 0 Å². The number of carbonyl (C=O) groups is 1. The molecule has 7 nitrogen and oxygen atoms in total. The Hall–Kier alpha value is -1.99. The molecule has 7 heteroatoms. The molecule has 17 heavy (non-hydrogen) atoms. The Labute approximate surface area is 96.6 Å². The van der Waals surface area contributed by atoms with Crippen LogP contribution in [0.5, 0.6) is 0 Å². The van der Waals surface area contributed by atoms with Crippen molar-refractivity contribution in [2.24, 2.45) is 5.73 Å². The van der Waals surface area contributed by atoms with E-state index in [0.29, 0.717) is 0 Å². The molecule has 0 saturated heterocycles. The van der Waals surface area contributed by atoms with Gasteiger partial charge in [0.2, 0.25) is 0 Å². The third-order valence-electron chi connectivity index (χ3n) is 2.43. The largest absolute Gasteiger partial charge is 0.480 e. The normalized spacial score (nSPS) is 15.9. The van der Waals surface area contributed by atoms with Crippen LogP contribution in [0, 0.1) is 10.1 Å². The first kappa shape index (κ1) is 13.1. The number of benzene rings is 1. The Kier molecular flexibility index (Phi) is 3.45. The van der Waals surface area contributed by atoms with Crippen LogP contribution in [0.2, 0.25) is 0 Å². The highest BCUT2D eigenvalue weighted by Gasteiger charge is 2.38. The summed E-state index contributed by atoms with van der Waals surface area (Å²) in [5.41, 5.74) is 3.39. The fourth-order valence-corrected chi connectivity index (χ4v) is 1.27. The van der Waals surface area contributed by atoms with Crippen molar-refractivity contribution in [2.45, 2.75) is 18.6 Å². The third kappa shape index (κ3) is 2.58. The molecule has 0 aliphatic rings. The molecule has 0 aliphatic heterocycles. The van der Waals surface area contributed by atoms with Gasteiger partial charge in [-0.25, -0.2) is 0 Å². The van der Waals surface area contributed by atoms with Gasteiger partial charge in [-0.3, -0.25) is 14.9 Å². The number of aliphatic hydroxyl groups is 1. The van der Waals surface area contributed by atoms with Gasteiger partial charge < -0.3 is 15.9 Å². The first-order chi connectivity index (χ1) is 7.76. The minimum Gasteiger partial charge on any atom is -0.480 e. The molecule has 0 spiro atoms. The number of carboxylic acids is 1. The van der Waals surface area contributed by atoms with E-state index < -0.39 is 22.5 Å². The molecule has 0 radical (unpaired) electrons. The van der Waals surface area contributed by atoms with E-state index in [9.17, 15) is 20.0 Å². The number of nitrogens with two attached hydrogens (primary N) is 1. The van der Waals surface area contributed by atoms with Crippen LogP contribution in [0.1, 0.15) is 18.6 Å². The Balaban J connectivity index is 3.13. The van der Waals surface area contributed by atoms with Crippen LogP contribution >= 0.6 is 0 Å². The summed E-state index contributed by atoms with van der Waals surface area (Å²) in [5.74, 6) is -1.39. The van der Waals surface area contributed by atoms with E-state index in [-0.39, 0.29) is 11.3 Å². The summed E-state index contributed by atoms with van der Waals surface area (Å²) in [4.78, 5) is 20.7. The predicted molar refractivity (Wildman–Crippen MR) is 58.3 cm³/mol. The molecule has 0 heterocycles. The summed E-state index contributed by atoms with van der Waals surface area (Å²) in [5, 5.41) is 29.2. The second-order valence-electron chi connectivity index (χ2n) is 3.84. The van der Waals surface area contributed by atoms with E-state index in [1.165, 1.54) is 18.2 Å². The number of rotatable bonds is 4. The van der Waals surface area contributed by atoms with Crippen molar-refractivity contribution < 1.29 is 19.9 Å². The third-order valence-corrected chi connectivity index (χ3v) is 2.43. The van der Waals surface area contributed by atoms with Gasteiger partial charge in [-0.05, 0) is 12.5 Å². The number of carboxylic acid groups (broad SMARTS) is 1. The summed E-state index contributed by atoms with van der Waals surface area (Å²) < 4.78 is 0. The predicted octanol–water partition coefficient (Wildman–Crippen LogP) is 0.430. The van der Waals surface area contributed by atoms with Gasteiger partial charge in [-0.1, -0.05) is 12.1 Å². The lowest BCUT2D eigenvalue weighted by atomic mass is 9.90. The molecule has 1 rings (SSSR count). The molecule has 0 aliphatic carbocycles. The van der Waals surface area contributed by atoms with Gasteiger partial charge in [-0.15, -0.1) is 0 Å². The van der Waals surface area contributed by atoms with E-state index in [4.69, 9.17) is 10.8 Å². The zero-order valence-corrected chi connectivity index (χ0v) is 9.03. The van der Waals surface area contributed by atoms with Crippen molar-refractivity contribution in [1.82, 2.24) is 0 Å². The van der Waals surface area contributed by atoms with E-state index in [0.717, 1.165) is 13.0 Å². The molecular weight excluding hydrogens is 228 g/mol. The van der Waals surface area contributed by atoms with Crippen molar-refractivity contribution in [3.8, 4) is 0 Å². The van der Waals surface area contributed by atoms with Gasteiger partial charge in [0.1, 0.15) is 11.6 Å². The lowest BCUT2D eigenvalue weighted by Crippen LogP contribution is -2.50. The molecule has 2 atom stereocenters. The standard InChI is InChI=1S/C10H12N2O5/c1-10(11,9(14)15)8(13)6-3-2-4-7(5-6)12(16)17/h2-5,8,13H,11H2,1H3,(H,14,15)/t8-,10+/m1/s1. The molecule has 0 unspecified atom stereocenters. The van der Waals surface area contributed by atoms with Gasteiger partial charge in [0.15, 0.2) is 0 Å². The highest BCUT2D eigenvalue weighted by molar-refractivity contribution is 5.79. The van der Waals surface area contributed by atoms with Crippen molar-refractivity contribution >= 4 is 11.7 Å². The number of nitro groups is 1. The molecular formula is C10H12N2O5. The van der Waals surface area contributed by atoms with Crippen molar-refractivity contribution in [3.63, 3.8) is 0 Å².